The summed E-state index contributed by atoms with van der Waals surface area (Å²) in [6.45, 7) is 0. The number of rotatable bonds is 2. The van der Waals surface area contributed by atoms with E-state index >= 15 is 0 Å². The van der Waals surface area contributed by atoms with Crippen LogP contribution in [-0.4, -0.2) is 11.5 Å². The van der Waals surface area contributed by atoms with Gasteiger partial charge in [0.15, 0.2) is 0 Å². The molecule has 0 aromatic rings. The summed E-state index contributed by atoms with van der Waals surface area (Å²) in [5, 5.41) is 0. The summed E-state index contributed by atoms with van der Waals surface area (Å²) in [6, 6.07) is 0. The zero-order chi connectivity index (χ0) is 4.12. The van der Waals surface area contributed by atoms with Gasteiger partial charge in [-0.2, -0.15) is 12.6 Å². The standard InChI is InChI=1S/C3H7S2/c4-2-1-3-5/h4H,1-3H2. The number of hydrogen-bond acceptors (Lipinski definition) is 1. The molecule has 0 aliphatic rings. The molecule has 31 valence electrons. The van der Waals surface area contributed by atoms with E-state index in [9.17, 15) is 0 Å². The van der Waals surface area contributed by atoms with E-state index in [4.69, 9.17) is 0 Å². The van der Waals surface area contributed by atoms with E-state index in [0.29, 0.717) is 0 Å². The van der Waals surface area contributed by atoms with Crippen molar-refractivity contribution < 1.29 is 0 Å². The van der Waals surface area contributed by atoms with Crippen LogP contribution in [0.15, 0.2) is 0 Å². The lowest BCUT2D eigenvalue weighted by Crippen LogP contribution is -1.71. The molecule has 0 saturated carbocycles. The highest BCUT2D eigenvalue weighted by atomic mass is 32.1. The van der Waals surface area contributed by atoms with Crippen molar-refractivity contribution in [1.82, 2.24) is 0 Å². The van der Waals surface area contributed by atoms with Crippen molar-refractivity contribution >= 4 is 25.3 Å². The minimum Gasteiger partial charge on any atom is -0.179 e. The maximum atomic E-state index is 4.60. The second-order valence-corrected chi connectivity index (χ2v) is 1.64. The fourth-order valence-electron chi connectivity index (χ4n) is 0.0645. The van der Waals surface area contributed by atoms with Crippen LogP contribution in [-0.2, 0) is 0 Å². The van der Waals surface area contributed by atoms with Crippen LogP contribution in [0.25, 0.3) is 0 Å². The Bertz CT molecular complexity index is 12.4. The molecule has 5 heavy (non-hydrogen) atoms. The largest absolute Gasteiger partial charge is 0.179 e. The van der Waals surface area contributed by atoms with Gasteiger partial charge in [0.2, 0.25) is 0 Å². The molecule has 0 atom stereocenters. The normalized spacial score (nSPS) is 8.40. The summed E-state index contributed by atoms with van der Waals surface area (Å²) in [7, 11) is 0. The van der Waals surface area contributed by atoms with Gasteiger partial charge in [-0.25, -0.2) is 0 Å². The van der Waals surface area contributed by atoms with E-state index in [1.54, 1.807) is 0 Å². The Hall–Kier alpha value is 0.700. The van der Waals surface area contributed by atoms with Crippen LogP contribution < -0.4 is 0 Å². The predicted molar refractivity (Wildman–Crippen MR) is 30.9 cm³/mol. The van der Waals surface area contributed by atoms with Crippen molar-refractivity contribution in [3.63, 3.8) is 0 Å². The van der Waals surface area contributed by atoms with Crippen molar-refractivity contribution in [3.8, 4) is 0 Å². The van der Waals surface area contributed by atoms with Gasteiger partial charge in [0.1, 0.15) is 0 Å². The van der Waals surface area contributed by atoms with Gasteiger partial charge in [-0.05, 0) is 12.2 Å². The van der Waals surface area contributed by atoms with E-state index < -0.39 is 0 Å². The smallest absolute Gasteiger partial charge is 0.00447 e. The predicted octanol–water partition coefficient (Wildman–Crippen LogP) is 1.50. The van der Waals surface area contributed by atoms with Gasteiger partial charge >= 0.3 is 0 Å². The van der Waals surface area contributed by atoms with Crippen molar-refractivity contribution in [2.45, 2.75) is 6.42 Å². The SMILES string of the molecule is [S]CCCS. The molecule has 0 amide bonds. The maximum Gasteiger partial charge on any atom is 0.00447 e. The Balaban J connectivity index is 2.19. The van der Waals surface area contributed by atoms with Gasteiger partial charge in [0.05, 0.1) is 0 Å². The maximum absolute atomic E-state index is 4.60. The van der Waals surface area contributed by atoms with Crippen molar-refractivity contribution in [2.24, 2.45) is 0 Å². The first kappa shape index (κ1) is 5.70. The zero-order valence-corrected chi connectivity index (χ0v) is 4.69. The first-order chi connectivity index (χ1) is 2.41. The lowest BCUT2D eigenvalue weighted by Gasteiger charge is -1.77. The lowest BCUT2D eigenvalue weighted by atomic mass is 10.6. The lowest BCUT2D eigenvalue weighted by molar-refractivity contribution is 1.14. The van der Waals surface area contributed by atoms with Gasteiger partial charge in [-0.3, -0.25) is 0 Å². The monoisotopic (exact) mass is 107 g/mol. The molecule has 0 aliphatic heterocycles. The molecular formula is C3H7S2. The molecule has 0 saturated heterocycles. The van der Waals surface area contributed by atoms with Crippen molar-refractivity contribution in [3.05, 3.63) is 0 Å². The molecule has 2 heteroatoms. The first-order valence-electron chi connectivity index (χ1n) is 1.60. The van der Waals surface area contributed by atoms with Gasteiger partial charge < -0.3 is 0 Å². The molecule has 0 N–H and O–H groups in total. The van der Waals surface area contributed by atoms with E-state index in [1.165, 1.54) is 0 Å². The topological polar surface area (TPSA) is 0 Å². The van der Waals surface area contributed by atoms with Crippen molar-refractivity contribution in [2.75, 3.05) is 11.5 Å². The summed E-state index contributed by atoms with van der Waals surface area (Å²) in [4.78, 5) is 0. The Morgan fingerprint density at radius 2 is 2.20 bits per heavy atom. The summed E-state index contributed by atoms with van der Waals surface area (Å²) in [5.74, 6) is 1.78. The Morgan fingerprint density at radius 1 is 1.60 bits per heavy atom. The van der Waals surface area contributed by atoms with E-state index in [1.807, 2.05) is 0 Å². The van der Waals surface area contributed by atoms with Gasteiger partial charge in [0, 0.05) is 5.75 Å². The number of hydrogen-bond donors (Lipinski definition) is 1. The summed E-state index contributed by atoms with van der Waals surface area (Å²) < 4.78 is 0. The van der Waals surface area contributed by atoms with Crippen LogP contribution in [0.1, 0.15) is 6.42 Å². The van der Waals surface area contributed by atoms with Crippen LogP contribution >= 0.6 is 25.3 Å². The average Bonchev–Trinajstić information content (AvgIpc) is 1.41. The summed E-state index contributed by atoms with van der Waals surface area (Å²) in [6.07, 6.45) is 1.07. The molecule has 0 unspecified atom stereocenters. The van der Waals surface area contributed by atoms with Gasteiger partial charge in [-0.1, -0.05) is 12.6 Å². The first-order valence-corrected chi connectivity index (χ1v) is 2.81. The van der Waals surface area contributed by atoms with E-state index in [2.05, 4.69) is 25.3 Å². The Kier molecular flexibility index (Phi) is 5.36. The Labute approximate surface area is 43.8 Å². The van der Waals surface area contributed by atoms with E-state index in [0.717, 1.165) is 17.9 Å². The minimum atomic E-state index is 0.851. The third kappa shape index (κ3) is 4.70. The van der Waals surface area contributed by atoms with Crippen LogP contribution in [0.3, 0.4) is 0 Å². The molecule has 0 heterocycles. The number of thiol groups is 1. The fraction of sp³-hybridized carbons (Fsp3) is 1.00. The summed E-state index contributed by atoms with van der Waals surface area (Å²) in [5.41, 5.74) is 0. The highest BCUT2D eigenvalue weighted by Gasteiger charge is 1.70. The zero-order valence-electron chi connectivity index (χ0n) is 2.98. The molecule has 0 nitrogen and oxygen atoms in total. The van der Waals surface area contributed by atoms with Crippen LogP contribution in [0, 0.1) is 0 Å². The molecule has 0 aromatic carbocycles. The second kappa shape index (κ2) is 4.70. The third-order valence-electron chi connectivity index (χ3n) is 0.302. The van der Waals surface area contributed by atoms with Crippen LogP contribution in [0.5, 0.6) is 0 Å². The van der Waals surface area contributed by atoms with Crippen LogP contribution in [0.4, 0.5) is 0 Å². The molecule has 1 radical (unpaired) electrons. The highest BCUT2D eigenvalue weighted by Crippen LogP contribution is 1.83. The highest BCUT2D eigenvalue weighted by molar-refractivity contribution is 7.81. The van der Waals surface area contributed by atoms with Gasteiger partial charge in [0.25, 0.3) is 0 Å². The third-order valence-corrected chi connectivity index (χ3v) is 0.907. The molecule has 0 rings (SSSR count). The molecule has 0 bridgehead atoms. The molecular weight excluding hydrogens is 100 g/mol. The van der Waals surface area contributed by atoms with E-state index in [-0.39, 0.29) is 0 Å². The molecule has 0 fully saturated rings. The second-order valence-electron chi connectivity index (χ2n) is 0.781. The quantitative estimate of drug-likeness (QED) is 0.508. The Morgan fingerprint density at radius 3 is 2.20 bits per heavy atom. The molecule has 0 aliphatic carbocycles. The fourth-order valence-corrected chi connectivity index (χ4v) is 0.581. The van der Waals surface area contributed by atoms with Crippen molar-refractivity contribution in [1.29, 1.82) is 0 Å². The molecule has 0 spiro atoms. The van der Waals surface area contributed by atoms with Gasteiger partial charge in [-0.15, -0.1) is 0 Å². The minimum absolute atomic E-state index is 0.851. The average molecular weight is 107 g/mol. The molecule has 0 aromatic heterocycles. The summed E-state index contributed by atoms with van der Waals surface area (Å²) >= 11 is 8.54. The van der Waals surface area contributed by atoms with Crippen LogP contribution in [0.2, 0.25) is 0 Å².